The summed E-state index contributed by atoms with van der Waals surface area (Å²) in [7, 11) is 1.61. The number of nitrogens with one attached hydrogen (secondary N) is 1. The van der Waals surface area contributed by atoms with Gasteiger partial charge >= 0.3 is 11.9 Å². The van der Waals surface area contributed by atoms with Crippen molar-refractivity contribution in [1.82, 2.24) is 5.32 Å². The van der Waals surface area contributed by atoms with E-state index in [9.17, 15) is 9.59 Å². The highest BCUT2D eigenvalue weighted by Crippen LogP contribution is 2.02. The topological polar surface area (TPSA) is 64.6 Å². The van der Waals surface area contributed by atoms with E-state index in [0.717, 1.165) is 0 Å². The van der Waals surface area contributed by atoms with Gasteiger partial charge in [0.25, 0.3) is 0 Å². The smallest absolute Gasteiger partial charge is 0.338 e. The highest BCUT2D eigenvalue weighted by molar-refractivity contribution is 5.89. The molecule has 1 atom stereocenters. The lowest BCUT2D eigenvalue weighted by atomic mass is 10.2. The van der Waals surface area contributed by atoms with Crippen LogP contribution in [-0.2, 0) is 14.3 Å². The van der Waals surface area contributed by atoms with Crippen LogP contribution < -0.4 is 5.32 Å². The first-order valence-corrected chi connectivity index (χ1v) is 5.75. The third kappa shape index (κ3) is 4.18. The first-order valence-electron chi connectivity index (χ1n) is 5.75. The molecule has 5 heteroatoms. The fourth-order valence-corrected chi connectivity index (χ4v) is 1.33. The average Bonchev–Trinajstić information content (AvgIpc) is 2.40. The van der Waals surface area contributed by atoms with Gasteiger partial charge in [-0.25, -0.2) is 4.79 Å². The number of rotatable bonds is 6. The summed E-state index contributed by atoms with van der Waals surface area (Å²) in [6, 6.07) is 7.97. The zero-order valence-corrected chi connectivity index (χ0v) is 10.5. The molecule has 0 unspecified atom stereocenters. The van der Waals surface area contributed by atoms with Crippen molar-refractivity contribution in [3.05, 3.63) is 35.9 Å². The molecular weight excluding hydrogens is 234 g/mol. The van der Waals surface area contributed by atoms with Crippen LogP contribution in [-0.4, -0.2) is 38.2 Å². The van der Waals surface area contributed by atoms with Crippen molar-refractivity contribution >= 4 is 11.9 Å². The Morgan fingerprint density at radius 3 is 2.44 bits per heavy atom. The van der Waals surface area contributed by atoms with Gasteiger partial charge in [-0.2, -0.15) is 0 Å². The summed E-state index contributed by atoms with van der Waals surface area (Å²) in [4.78, 5) is 23.1. The normalized spacial score (nSPS) is 11.7. The third-order valence-corrected chi connectivity index (χ3v) is 2.31. The van der Waals surface area contributed by atoms with Gasteiger partial charge in [0.05, 0.1) is 12.2 Å². The largest absolute Gasteiger partial charge is 0.465 e. The summed E-state index contributed by atoms with van der Waals surface area (Å²) in [5, 5.41) is 2.74. The van der Waals surface area contributed by atoms with Gasteiger partial charge in [0.1, 0.15) is 12.6 Å². The Morgan fingerprint density at radius 2 is 1.89 bits per heavy atom. The Bertz CT molecular complexity index is 391. The van der Waals surface area contributed by atoms with Gasteiger partial charge in [-0.3, -0.25) is 4.79 Å². The molecule has 0 aliphatic carbocycles. The van der Waals surface area contributed by atoms with Crippen molar-refractivity contribution in [2.75, 3.05) is 20.3 Å². The van der Waals surface area contributed by atoms with Crippen molar-refractivity contribution in [2.45, 2.75) is 13.0 Å². The molecule has 98 valence electrons. The van der Waals surface area contributed by atoms with Gasteiger partial charge < -0.3 is 14.8 Å². The summed E-state index contributed by atoms with van der Waals surface area (Å²) in [5.41, 5.74) is 0.455. The molecule has 1 rings (SSSR count). The highest BCUT2D eigenvalue weighted by Gasteiger charge is 2.19. The highest BCUT2D eigenvalue weighted by atomic mass is 16.6. The molecule has 0 saturated heterocycles. The van der Waals surface area contributed by atoms with Crippen LogP contribution in [0.5, 0.6) is 0 Å². The molecule has 1 aromatic rings. The summed E-state index contributed by atoms with van der Waals surface area (Å²) in [5.74, 6) is -0.888. The van der Waals surface area contributed by atoms with Crippen molar-refractivity contribution < 1.29 is 19.1 Å². The Kier molecular flexibility index (Phi) is 5.87. The maximum Gasteiger partial charge on any atom is 0.338 e. The molecule has 5 nitrogen and oxygen atoms in total. The number of hydrogen-bond acceptors (Lipinski definition) is 5. The second kappa shape index (κ2) is 7.45. The molecule has 0 bridgehead atoms. The van der Waals surface area contributed by atoms with Crippen LogP contribution in [0.25, 0.3) is 0 Å². The first-order chi connectivity index (χ1) is 8.69. The number of carbonyl (C=O) groups excluding carboxylic acids is 2. The molecular formula is C13H17NO4. The van der Waals surface area contributed by atoms with E-state index in [1.165, 1.54) is 0 Å². The van der Waals surface area contributed by atoms with Gasteiger partial charge in [-0.1, -0.05) is 18.2 Å². The lowest BCUT2D eigenvalue weighted by Crippen LogP contribution is -2.40. The lowest BCUT2D eigenvalue weighted by molar-refractivity contribution is -0.146. The quantitative estimate of drug-likeness (QED) is 0.764. The third-order valence-electron chi connectivity index (χ3n) is 2.31. The van der Waals surface area contributed by atoms with Crippen LogP contribution in [0.2, 0.25) is 0 Å². The minimum atomic E-state index is -0.641. The maximum absolute atomic E-state index is 11.6. The summed E-state index contributed by atoms with van der Waals surface area (Å²) in [6.07, 6.45) is 0. The van der Waals surface area contributed by atoms with E-state index >= 15 is 0 Å². The van der Waals surface area contributed by atoms with E-state index in [1.807, 2.05) is 6.07 Å². The number of benzene rings is 1. The van der Waals surface area contributed by atoms with Crippen LogP contribution in [0, 0.1) is 0 Å². The molecule has 0 radical (unpaired) electrons. The minimum absolute atomic E-state index is 0.0525. The SMILES string of the molecule is CCOC(=O)[C@H](COC(=O)c1ccccc1)NC. The lowest BCUT2D eigenvalue weighted by Gasteiger charge is -2.14. The monoisotopic (exact) mass is 251 g/mol. The van der Waals surface area contributed by atoms with Crippen LogP contribution in [0.1, 0.15) is 17.3 Å². The maximum atomic E-state index is 11.6. The molecule has 0 amide bonds. The molecule has 0 aliphatic heterocycles. The summed E-state index contributed by atoms with van der Waals surface area (Å²) >= 11 is 0. The second-order valence-electron chi connectivity index (χ2n) is 3.56. The predicted octanol–water partition coefficient (Wildman–Crippen LogP) is 0.994. The van der Waals surface area contributed by atoms with Gasteiger partial charge in [0.2, 0.25) is 0 Å². The number of likely N-dealkylation sites (N-methyl/N-ethyl adjacent to an activating group) is 1. The Morgan fingerprint density at radius 1 is 1.22 bits per heavy atom. The van der Waals surface area contributed by atoms with Crippen molar-refractivity contribution in [3.63, 3.8) is 0 Å². The molecule has 18 heavy (non-hydrogen) atoms. The molecule has 0 fully saturated rings. The van der Waals surface area contributed by atoms with Gasteiger partial charge in [0.15, 0.2) is 0 Å². The Hall–Kier alpha value is -1.88. The first kappa shape index (κ1) is 14.2. The van der Waals surface area contributed by atoms with Crippen LogP contribution in [0.15, 0.2) is 30.3 Å². The van der Waals surface area contributed by atoms with E-state index in [4.69, 9.17) is 9.47 Å². The zero-order valence-electron chi connectivity index (χ0n) is 10.5. The van der Waals surface area contributed by atoms with E-state index < -0.39 is 18.0 Å². The van der Waals surface area contributed by atoms with E-state index in [1.54, 1.807) is 38.2 Å². The number of esters is 2. The number of carbonyl (C=O) groups is 2. The van der Waals surface area contributed by atoms with Crippen LogP contribution in [0.4, 0.5) is 0 Å². The van der Waals surface area contributed by atoms with Gasteiger partial charge in [-0.05, 0) is 26.1 Å². The standard InChI is InChI=1S/C13H17NO4/c1-3-17-13(16)11(14-2)9-18-12(15)10-7-5-4-6-8-10/h4-8,11,14H,3,9H2,1-2H3/t11-/m0/s1. The number of hydrogen-bond donors (Lipinski definition) is 1. The fraction of sp³-hybridized carbons (Fsp3) is 0.385. The van der Waals surface area contributed by atoms with Gasteiger partial charge in [-0.15, -0.1) is 0 Å². The van der Waals surface area contributed by atoms with Crippen molar-refractivity contribution in [1.29, 1.82) is 0 Å². The zero-order chi connectivity index (χ0) is 13.4. The molecule has 1 N–H and O–H groups in total. The van der Waals surface area contributed by atoms with E-state index in [2.05, 4.69) is 5.32 Å². The molecule has 0 aliphatic rings. The predicted molar refractivity (Wildman–Crippen MR) is 66.2 cm³/mol. The molecule has 0 aromatic heterocycles. The Labute approximate surface area is 106 Å². The minimum Gasteiger partial charge on any atom is -0.465 e. The molecule has 0 spiro atoms. The van der Waals surface area contributed by atoms with Crippen LogP contribution >= 0.6 is 0 Å². The van der Waals surface area contributed by atoms with Crippen LogP contribution in [0.3, 0.4) is 0 Å². The summed E-state index contributed by atoms with van der Waals surface area (Å²) < 4.78 is 9.89. The second-order valence-corrected chi connectivity index (χ2v) is 3.56. The van der Waals surface area contributed by atoms with E-state index in [-0.39, 0.29) is 6.61 Å². The Balaban J connectivity index is 2.48. The summed E-state index contributed by atoms with van der Waals surface area (Å²) in [6.45, 7) is 1.97. The average molecular weight is 251 g/mol. The van der Waals surface area contributed by atoms with Crippen molar-refractivity contribution in [2.24, 2.45) is 0 Å². The fourth-order valence-electron chi connectivity index (χ4n) is 1.33. The van der Waals surface area contributed by atoms with E-state index in [0.29, 0.717) is 12.2 Å². The van der Waals surface area contributed by atoms with Gasteiger partial charge in [0, 0.05) is 0 Å². The van der Waals surface area contributed by atoms with Crippen molar-refractivity contribution in [3.8, 4) is 0 Å². The molecule has 1 aromatic carbocycles. The number of ether oxygens (including phenoxy) is 2. The molecule has 0 saturated carbocycles. The molecule has 0 heterocycles.